The predicted molar refractivity (Wildman–Crippen MR) is 53.0 cm³/mol. The van der Waals surface area contributed by atoms with Gasteiger partial charge in [-0.2, -0.15) is 0 Å². The molecule has 0 saturated carbocycles. The van der Waals surface area contributed by atoms with Gasteiger partial charge in [-0.15, -0.1) is 0 Å². The standard InChI is InChI=1S/C10H13BO2/c1-6-4-9-5-13-11(12)10(9)8(3)7(6)2/h4,12H,5H2,1-3H3. The van der Waals surface area contributed by atoms with E-state index in [4.69, 9.17) is 4.65 Å². The second-order valence-corrected chi connectivity index (χ2v) is 3.68. The quantitative estimate of drug-likeness (QED) is 0.593. The Morgan fingerprint density at radius 1 is 1.31 bits per heavy atom. The Labute approximate surface area is 78.7 Å². The predicted octanol–water partition coefficient (Wildman–Crippen LogP) is 0.830. The lowest BCUT2D eigenvalue weighted by atomic mass is 9.74. The summed E-state index contributed by atoms with van der Waals surface area (Å²) in [6, 6.07) is 2.11. The summed E-state index contributed by atoms with van der Waals surface area (Å²) < 4.78 is 5.17. The molecule has 3 heteroatoms. The molecule has 1 aliphatic rings. The molecule has 13 heavy (non-hydrogen) atoms. The van der Waals surface area contributed by atoms with Crippen LogP contribution in [0.25, 0.3) is 0 Å². The number of hydrogen-bond acceptors (Lipinski definition) is 2. The van der Waals surface area contributed by atoms with Crippen molar-refractivity contribution in [3.05, 3.63) is 28.3 Å². The Bertz CT molecular complexity index is 360. The summed E-state index contributed by atoms with van der Waals surface area (Å²) in [4.78, 5) is 0. The SMILES string of the molecule is Cc1cc2c(c(C)c1C)B(O)OC2. The molecule has 1 N–H and O–H groups in total. The van der Waals surface area contributed by atoms with Crippen molar-refractivity contribution in [2.24, 2.45) is 0 Å². The first kappa shape index (κ1) is 8.79. The molecule has 0 aliphatic carbocycles. The zero-order chi connectivity index (χ0) is 9.59. The minimum atomic E-state index is -0.714. The molecule has 2 nitrogen and oxygen atoms in total. The first-order valence-corrected chi connectivity index (χ1v) is 4.50. The van der Waals surface area contributed by atoms with Crippen LogP contribution in [-0.4, -0.2) is 12.1 Å². The maximum Gasteiger partial charge on any atom is 0.492 e. The fourth-order valence-corrected chi connectivity index (χ4v) is 1.90. The highest BCUT2D eigenvalue weighted by Gasteiger charge is 2.29. The Kier molecular flexibility index (Phi) is 1.93. The van der Waals surface area contributed by atoms with Gasteiger partial charge in [0, 0.05) is 0 Å². The number of fused-ring (bicyclic) bond motifs is 1. The minimum absolute atomic E-state index is 0.540. The topological polar surface area (TPSA) is 29.5 Å². The molecule has 0 bridgehead atoms. The molecule has 2 rings (SSSR count). The number of benzene rings is 1. The van der Waals surface area contributed by atoms with E-state index in [1.807, 2.05) is 6.92 Å². The zero-order valence-corrected chi connectivity index (χ0v) is 8.22. The summed E-state index contributed by atoms with van der Waals surface area (Å²) in [5.41, 5.74) is 5.80. The molecule has 1 aromatic carbocycles. The van der Waals surface area contributed by atoms with Gasteiger partial charge in [0.1, 0.15) is 0 Å². The molecule has 0 spiro atoms. The van der Waals surface area contributed by atoms with Crippen molar-refractivity contribution < 1.29 is 9.68 Å². The van der Waals surface area contributed by atoms with Gasteiger partial charge in [-0.05, 0) is 48.5 Å². The van der Waals surface area contributed by atoms with Crippen LogP contribution in [0.2, 0.25) is 0 Å². The van der Waals surface area contributed by atoms with Gasteiger partial charge in [-0.3, -0.25) is 0 Å². The Morgan fingerprint density at radius 3 is 2.69 bits per heavy atom. The van der Waals surface area contributed by atoms with Crippen LogP contribution >= 0.6 is 0 Å². The summed E-state index contributed by atoms with van der Waals surface area (Å²) in [7, 11) is -0.714. The van der Waals surface area contributed by atoms with Crippen LogP contribution in [0.3, 0.4) is 0 Å². The van der Waals surface area contributed by atoms with E-state index in [2.05, 4.69) is 19.9 Å². The van der Waals surface area contributed by atoms with Crippen molar-refractivity contribution >= 4 is 12.6 Å². The summed E-state index contributed by atoms with van der Waals surface area (Å²) in [6.45, 7) is 6.75. The highest BCUT2D eigenvalue weighted by Crippen LogP contribution is 2.18. The molecule has 1 aromatic rings. The highest BCUT2D eigenvalue weighted by molar-refractivity contribution is 6.62. The number of rotatable bonds is 0. The zero-order valence-electron chi connectivity index (χ0n) is 8.22. The smallest absolute Gasteiger partial charge is 0.423 e. The van der Waals surface area contributed by atoms with Gasteiger partial charge in [0.2, 0.25) is 0 Å². The van der Waals surface area contributed by atoms with Crippen molar-refractivity contribution in [3.8, 4) is 0 Å². The van der Waals surface area contributed by atoms with Gasteiger partial charge in [0.25, 0.3) is 0 Å². The van der Waals surface area contributed by atoms with Crippen LogP contribution in [0.5, 0.6) is 0 Å². The number of hydrogen-bond donors (Lipinski definition) is 1. The van der Waals surface area contributed by atoms with E-state index in [1.165, 1.54) is 16.7 Å². The van der Waals surface area contributed by atoms with Crippen molar-refractivity contribution in [2.45, 2.75) is 27.4 Å². The first-order valence-electron chi connectivity index (χ1n) is 4.50. The van der Waals surface area contributed by atoms with Crippen LogP contribution in [0.15, 0.2) is 6.07 Å². The van der Waals surface area contributed by atoms with Gasteiger partial charge in [0.05, 0.1) is 6.61 Å². The van der Waals surface area contributed by atoms with Gasteiger partial charge in [0.15, 0.2) is 0 Å². The van der Waals surface area contributed by atoms with Crippen LogP contribution < -0.4 is 5.46 Å². The van der Waals surface area contributed by atoms with E-state index in [0.29, 0.717) is 6.61 Å². The average molecular weight is 176 g/mol. The Hall–Kier alpha value is -0.795. The van der Waals surface area contributed by atoms with Crippen molar-refractivity contribution in [3.63, 3.8) is 0 Å². The molecule has 68 valence electrons. The van der Waals surface area contributed by atoms with E-state index in [9.17, 15) is 5.02 Å². The second kappa shape index (κ2) is 2.86. The summed E-state index contributed by atoms with van der Waals surface area (Å²) >= 11 is 0. The molecule has 0 fully saturated rings. The molecular formula is C10H13BO2. The van der Waals surface area contributed by atoms with Gasteiger partial charge >= 0.3 is 7.12 Å². The van der Waals surface area contributed by atoms with Crippen LogP contribution in [-0.2, 0) is 11.3 Å². The third-order valence-electron chi connectivity index (χ3n) is 2.94. The fraction of sp³-hybridized carbons (Fsp3) is 0.400. The molecule has 0 unspecified atom stereocenters. The van der Waals surface area contributed by atoms with E-state index in [0.717, 1.165) is 11.0 Å². The minimum Gasteiger partial charge on any atom is -0.423 e. The first-order chi connectivity index (χ1) is 6.11. The largest absolute Gasteiger partial charge is 0.492 e. The lowest BCUT2D eigenvalue weighted by Crippen LogP contribution is -2.31. The van der Waals surface area contributed by atoms with Crippen molar-refractivity contribution in [1.82, 2.24) is 0 Å². The number of aryl methyl sites for hydroxylation is 1. The van der Waals surface area contributed by atoms with Gasteiger partial charge in [-0.1, -0.05) is 6.07 Å². The maximum atomic E-state index is 9.56. The summed E-state index contributed by atoms with van der Waals surface area (Å²) in [5.74, 6) is 0. The molecule has 1 aliphatic heterocycles. The van der Waals surface area contributed by atoms with E-state index in [-0.39, 0.29) is 0 Å². The van der Waals surface area contributed by atoms with Crippen molar-refractivity contribution in [2.75, 3.05) is 0 Å². The normalized spacial score (nSPS) is 14.9. The lowest BCUT2D eigenvalue weighted by Gasteiger charge is -2.10. The molecule has 1 heterocycles. The van der Waals surface area contributed by atoms with E-state index < -0.39 is 7.12 Å². The molecular weight excluding hydrogens is 163 g/mol. The third kappa shape index (κ3) is 1.19. The highest BCUT2D eigenvalue weighted by atomic mass is 16.5. The van der Waals surface area contributed by atoms with E-state index in [1.54, 1.807) is 0 Å². The van der Waals surface area contributed by atoms with Crippen LogP contribution in [0.4, 0.5) is 0 Å². The monoisotopic (exact) mass is 176 g/mol. The van der Waals surface area contributed by atoms with Crippen LogP contribution in [0, 0.1) is 20.8 Å². The Morgan fingerprint density at radius 2 is 2.00 bits per heavy atom. The molecule has 0 aromatic heterocycles. The summed E-state index contributed by atoms with van der Waals surface area (Å²) in [6.07, 6.45) is 0. The average Bonchev–Trinajstić information content (AvgIpc) is 2.43. The van der Waals surface area contributed by atoms with Crippen molar-refractivity contribution in [1.29, 1.82) is 0 Å². The Balaban J connectivity index is 2.68. The van der Waals surface area contributed by atoms with Crippen LogP contribution in [0.1, 0.15) is 22.3 Å². The lowest BCUT2D eigenvalue weighted by molar-refractivity contribution is 0.275. The summed E-state index contributed by atoms with van der Waals surface area (Å²) in [5, 5.41) is 9.56. The molecule has 0 saturated heterocycles. The molecule has 0 atom stereocenters. The van der Waals surface area contributed by atoms with Gasteiger partial charge in [-0.25, -0.2) is 0 Å². The molecule has 0 amide bonds. The fourth-order valence-electron chi connectivity index (χ4n) is 1.90. The molecule has 0 radical (unpaired) electrons. The maximum absolute atomic E-state index is 9.56. The second-order valence-electron chi connectivity index (χ2n) is 3.68. The van der Waals surface area contributed by atoms with Gasteiger partial charge < -0.3 is 9.68 Å². The van der Waals surface area contributed by atoms with E-state index >= 15 is 0 Å². The third-order valence-corrected chi connectivity index (χ3v) is 2.94.